The van der Waals surface area contributed by atoms with Crippen LogP contribution in [0.2, 0.25) is 0 Å². The van der Waals surface area contributed by atoms with Gasteiger partial charge in [-0.1, -0.05) is 37.1 Å². The molecular formula is C24H27N3O2S. The van der Waals surface area contributed by atoms with Gasteiger partial charge in [0.15, 0.2) is 0 Å². The van der Waals surface area contributed by atoms with Gasteiger partial charge in [0.05, 0.1) is 26.5 Å². The Morgan fingerprint density at radius 2 is 1.77 bits per heavy atom. The van der Waals surface area contributed by atoms with Crippen LogP contribution in [0.1, 0.15) is 60.3 Å². The third kappa shape index (κ3) is 5.25. The number of unbranched alkanes of at least 4 members (excludes halogenated alkanes) is 1. The summed E-state index contributed by atoms with van der Waals surface area (Å²) in [5.74, 6) is -0.158. The van der Waals surface area contributed by atoms with Crippen LogP contribution in [0.4, 0.5) is 5.69 Å². The predicted octanol–water partition coefficient (Wildman–Crippen LogP) is 5.32. The highest BCUT2D eigenvalue weighted by molar-refractivity contribution is 7.18. The zero-order valence-corrected chi connectivity index (χ0v) is 17.8. The fourth-order valence-electron chi connectivity index (χ4n) is 3.92. The number of fused-ring (bicyclic) bond motifs is 1. The molecule has 1 saturated carbocycles. The van der Waals surface area contributed by atoms with Gasteiger partial charge in [0.25, 0.3) is 5.91 Å². The number of nitrogens with one attached hydrogen (secondary N) is 2. The first kappa shape index (κ1) is 20.5. The SMILES string of the molecule is O=C(CCCCc1nc2ccccc2s1)Nc1ccccc1C(=O)NC1CCCC1. The molecule has 0 aliphatic heterocycles. The maximum absolute atomic E-state index is 12.6. The van der Waals surface area contributed by atoms with Crippen molar-refractivity contribution in [3.63, 3.8) is 0 Å². The zero-order chi connectivity index (χ0) is 20.8. The molecular weight excluding hydrogens is 394 g/mol. The summed E-state index contributed by atoms with van der Waals surface area (Å²) in [5.41, 5.74) is 2.17. The fourth-order valence-corrected chi connectivity index (χ4v) is 4.93. The lowest BCUT2D eigenvalue weighted by Crippen LogP contribution is -2.33. The Morgan fingerprint density at radius 1 is 1.00 bits per heavy atom. The molecule has 1 aromatic heterocycles. The maximum atomic E-state index is 12.6. The third-order valence-corrected chi connectivity index (χ3v) is 6.61. The van der Waals surface area contributed by atoms with Crippen LogP contribution in [-0.4, -0.2) is 22.8 Å². The van der Waals surface area contributed by atoms with E-state index in [-0.39, 0.29) is 17.9 Å². The van der Waals surface area contributed by atoms with E-state index in [2.05, 4.69) is 21.7 Å². The second-order valence-electron chi connectivity index (χ2n) is 7.83. The second kappa shape index (κ2) is 9.85. The van der Waals surface area contributed by atoms with E-state index in [0.717, 1.165) is 42.6 Å². The zero-order valence-electron chi connectivity index (χ0n) is 17.0. The van der Waals surface area contributed by atoms with Crippen molar-refractivity contribution in [2.45, 2.75) is 57.4 Å². The van der Waals surface area contributed by atoms with Gasteiger partial charge in [0, 0.05) is 12.5 Å². The number of rotatable bonds is 8. The van der Waals surface area contributed by atoms with Gasteiger partial charge in [-0.15, -0.1) is 11.3 Å². The van der Waals surface area contributed by atoms with E-state index in [4.69, 9.17) is 0 Å². The van der Waals surface area contributed by atoms with Gasteiger partial charge in [0.2, 0.25) is 5.91 Å². The molecule has 0 atom stereocenters. The summed E-state index contributed by atoms with van der Waals surface area (Å²) in [6, 6.07) is 15.6. The van der Waals surface area contributed by atoms with Gasteiger partial charge < -0.3 is 10.6 Å². The molecule has 2 aromatic carbocycles. The van der Waals surface area contributed by atoms with Crippen LogP contribution in [0.15, 0.2) is 48.5 Å². The van der Waals surface area contributed by atoms with Gasteiger partial charge in [-0.2, -0.15) is 0 Å². The highest BCUT2D eigenvalue weighted by atomic mass is 32.1. The second-order valence-corrected chi connectivity index (χ2v) is 8.95. The van der Waals surface area contributed by atoms with Crippen LogP contribution in [-0.2, 0) is 11.2 Å². The highest BCUT2D eigenvalue weighted by Gasteiger charge is 2.20. The van der Waals surface area contributed by atoms with Crippen LogP contribution in [0.5, 0.6) is 0 Å². The first-order valence-electron chi connectivity index (χ1n) is 10.7. The summed E-state index contributed by atoms with van der Waals surface area (Å²) in [7, 11) is 0. The molecule has 1 aliphatic carbocycles. The number of hydrogen-bond donors (Lipinski definition) is 2. The lowest BCUT2D eigenvalue weighted by molar-refractivity contribution is -0.116. The Bertz CT molecular complexity index is 991. The molecule has 4 rings (SSSR count). The van der Waals surface area contributed by atoms with E-state index in [1.54, 1.807) is 23.5 Å². The summed E-state index contributed by atoms with van der Waals surface area (Å²) in [4.78, 5) is 29.7. The van der Waals surface area contributed by atoms with E-state index in [1.807, 2.05) is 30.3 Å². The number of benzene rings is 2. The molecule has 2 N–H and O–H groups in total. The first-order valence-corrected chi connectivity index (χ1v) is 11.5. The largest absolute Gasteiger partial charge is 0.349 e. The Labute approximate surface area is 180 Å². The molecule has 5 nitrogen and oxygen atoms in total. The molecule has 30 heavy (non-hydrogen) atoms. The summed E-state index contributed by atoms with van der Waals surface area (Å²) in [6.07, 6.45) is 7.43. The Kier molecular flexibility index (Phi) is 6.74. The van der Waals surface area contributed by atoms with Crippen LogP contribution in [0.25, 0.3) is 10.2 Å². The molecule has 156 valence electrons. The number of nitrogens with zero attached hydrogens (tertiary/aromatic N) is 1. The molecule has 6 heteroatoms. The van der Waals surface area contributed by atoms with Gasteiger partial charge in [0.1, 0.15) is 0 Å². The molecule has 0 spiro atoms. The van der Waals surface area contributed by atoms with Crippen molar-refractivity contribution in [3.8, 4) is 0 Å². The van der Waals surface area contributed by atoms with Crippen LogP contribution < -0.4 is 10.6 Å². The van der Waals surface area contributed by atoms with E-state index < -0.39 is 0 Å². The van der Waals surface area contributed by atoms with E-state index in [0.29, 0.717) is 17.7 Å². The lowest BCUT2D eigenvalue weighted by atomic mass is 10.1. The number of para-hydroxylation sites is 2. The summed E-state index contributed by atoms with van der Waals surface area (Å²) < 4.78 is 1.21. The minimum absolute atomic E-state index is 0.0552. The average molecular weight is 422 g/mol. The van der Waals surface area contributed by atoms with Crippen LogP contribution in [0.3, 0.4) is 0 Å². The quantitative estimate of drug-likeness (QED) is 0.484. The Hall–Kier alpha value is -2.73. The smallest absolute Gasteiger partial charge is 0.253 e. The summed E-state index contributed by atoms with van der Waals surface area (Å²) >= 11 is 1.72. The lowest BCUT2D eigenvalue weighted by Gasteiger charge is -2.15. The fraction of sp³-hybridized carbons (Fsp3) is 0.375. The number of carbonyl (C=O) groups excluding carboxylic acids is 2. The minimum atomic E-state index is -0.103. The number of anilines is 1. The molecule has 0 bridgehead atoms. The first-order chi connectivity index (χ1) is 14.7. The third-order valence-electron chi connectivity index (χ3n) is 5.52. The molecule has 3 aromatic rings. The monoisotopic (exact) mass is 421 g/mol. The highest BCUT2D eigenvalue weighted by Crippen LogP contribution is 2.23. The molecule has 1 heterocycles. The van der Waals surface area contributed by atoms with E-state index in [9.17, 15) is 9.59 Å². The topological polar surface area (TPSA) is 71.1 Å². The summed E-state index contributed by atoms with van der Waals surface area (Å²) in [5, 5.41) is 7.13. The maximum Gasteiger partial charge on any atom is 0.253 e. The van der Waals surface area contributed by atoms with E-state index >= 15 is 0 Å². The number of thiazole rings is 1. The summed E-state index contributed by atoms with van der Waals surface area (Å²) in [6.45, 7) is 0. The normalized spacial score (nSPS) is 14.1. The molecule has 0 saturated heterocycles. The van der Waals surface area contributed by atoms with Crippen molar-refractivity contribution in [2.24, 2.45) is 0 Å². The number of aromatic nitrogens is 1. The standard InChI is InChI=1S/C24H27N3O2S/c28-22(15-7-8-16-23-27-20-13-5-6-14-21(20)30-23)26-19-12-4-3-11-18(19)24(29)25-17-9-1-2-10-17/h3-6,11-14,17H,1-2,7-10,15-16H2,(H,25,29)(H,26,28). The Morgan fingerprint density at radius 3 is 2.60 bits per heavy atom. The van der Waals surface area contributed by atoms with Crippen LogP contribution in [0, 0.1) is 0 Å². The predicted molar refractivity (Wildman–Crippen MR) is 122 cm³/mol. The van der Waals surface area contributed by atoms with E-state index in [1.165, 1.54) is 17.5 Å². The van der Waals surface area contributed by atoms with Crippen molar-refractivity contribution in [3.05, 3.63) is 59.1 Å². The van der Waals surface area contributed by atoms with Crippen molar-refractivity contribution < 1.29 is 9.59 Å². The Balaban J connectivity index is 1.26. The van der Waals surface area contributed by atoms with Crippen LogP contribution >= 0.6 is 11.3 Å². The molecule has 0 radical (unpaired) electrons. The molecule has 0 unspecified atom stereocenters. The van der Waals surface area contributed by atoms with Crippen molar-refractivity contribution in [2.75, 3.05) is 5.32 Å². The molecule has 1 fully saturated rings. The average Bonchev–Trinajstić information content (AvgIpc) is 3.40. The van der Waals surface area contributed by atoms with Crippen molar-refractivity contribution in [1.29, 1.82) is 0 Å². The molecule has 2 amide bonds. The van der Waals surface area contributed by atoms with Crippen molar-refractivity contribution >= 4 is 39.1 Å². The number of hydrogen-bond acceptors (Lipinski definition) is 4. The van der Waals surface area contributed by atoms with Crippen molar-refractivity contribution in [1.82, 2.24) is 10.3 Å². The van der Waals surface area contributed by atoms with Gasteiger partial charge >= 0.3 is 0 Å². The minimum Gasteiger partial charge on any atom is -0.349 e. The van der Waals surface area contributed by atoms with Gasteiger partial charge in [-0.3, -0.25) is 9.59 Å². The number of amides is 2. The van der Waals surface area contributed by atoms with Gasteiger partial charge in [-0.05, 0) is 56.4 Å². The molecule has 1 aliphatic rings. The van der Waals surface area contributed by atoms with Gasteiger partial charge in [-0.25, -0.2) is 4.98 Å². The number of carbonyl (C=O) groups is 2. The number of aryl methyl sites for hydroxylation is 1.